The number of hydrogen-bond acceptors (Lipinski definition) is 10. The number of hydrogen-bond donors (Lipinski definition) is 1. The second-order valence-corrected chi connectivity index (χ2v) is 12.1. The van der Waals surface area contributed by atoms with Gasteiger partial charge in [-0.2, -0.15) is 0 Å². The quantitative estimate of drug-likeness (QED) is 0.0533. The summed E-state index contributed by atoms with van der Waals surface area (Å²) in [5.74, 6) is -2.16. The molecule has 2 atom stereocenters. The molecule has 0 aromatic heterocycles. The van der Waals surface area contributed by atoms with Gasteiger partial charge in [-0.3, -0.25) is 29.9 Å². The molecule has 1 fully saturated rings. The van der Waals surface area contributed by atoms with Crippen LogP contribution in [0.1, 0.15) is 33.2 Å². The fourth-order valence-corrected chi connectivity index (χ4v) is 7.04. The number of benzene rings is 4. The van der Waals surface area contributed by atoms with Crippen LogP contribution in [0.15, 0.2) is 127 Å². The zero-order chi connectivity index (χ0) is 34.5. The molecule has 0 bridgehead atoms. The van der Waals surface area contributed by atoms with Crippen LogP contribution in [0.5, 0.6) is 0 Å². The Morgan fingerprint density at radius 1 is 0.918 bits per heavy atom. The van der Waals surface area contributed by atoms with Crippen molar-refractivity contribution in [2.24, 2.45) is 0 Å². The maximum atomic E-state index is 14.3. The SMILES string of the molecule is COC1(NC(=O)OCc2ccc([N+](=O)[O-])cc2)C(=O)N2C(C(=O)OC(c3ccccc3)c3ccccc3)=C(C(=O)c3ccccc3)CS[C@@H]21. The van der Waals surface area contributed by atoms with Gasteiger partial charge >= 0.3 is 12.1 Å². The predicted octanol–water partition coefficient (Wildman–Crippen LogP) is 5.55. The molecule has 49 heavy (non-hydrogen) atoms. The molecular weight excluding hydrogens is 650 g/mol. The Morgan fingerprint density at radius 3 is 2.04 bits per heavy atom. The second kappa shape index (κ2) is 14.1. The van der Waals surface area contributed by atoms with E-state index in [1.54, 1.807) is 30.3 Å². The number of alkyl carbamates (subject to hydrolysis) is 1. The third kappa shape index (κ3) is 6.53. The molecule has 0 radical (unpaired) electrons. The number of ether oxygens (including phenoxy) is 3. The molecule has 13 heteroatoms. The topological polar surface area (TPSA) is 154 Å². The van der Waals surface area contributed by atoms with E-state index in [1.807, 2.05) is 60.7 Å². The number of carbonyl (C=O) groups excluding carboxylic acids is 4. The molecule has 1 unspecified atom stereocenters. The zero-order valence-corrected chi connectivity index (χ0v) is 26.8. The Morgan fingerprint density at radius 2 is 1.49 bits per heavy atom. The molecule has 248 valence electrons. The van der Waals surface area contributed by atoms with Crippen molar-refractivity contribution >= 4 is 41.2 Å². The molecule has 1 saturated heterocycles. The second-order valence-electron chi connectivity index (χ2n) is 11.0. The normalized spacial score (nSPS) is 18.3. The standard InChI is InChI=1S/C36H29N3O9S/c1-46-36(37-35(43)47-21-23-17-19-27(20-18-23)39(44)45)33(42)38-29(28(22-49-34(36)38)30(40)24-11-5-2-6-12-24)32(41)48-31(25-13-7-3-8-14-25)26-15-9-4-10-16-26/h2-20,31,34H,21-22H2,1H3,(H,37,43)/t34-,36?/m1/s1. The van der Waals surface area contributed by atoms with Crippen molar-refractivity contribution in [2.45, 2.75) is 23.8 Å². The Hall–Kier alpha value is -5.79. The molecule has 2 aliphatic heterocycles. The molecular formula is C36H29N3O9S. The lowest BCUT2D eigenvalue weighted by Crippen LogP contribution is -2.80. The van der Waals surface area contributed by atoms with Crippen molar-refractivity contribution in [1.29, 1.82) is 0 Å². The summed E-state index contributed by atoms with van der Waals surface area (Å²) >= 11 is 1.13. The zero-order valence-electron chi connectivity index (χ0n) is 26.0. The number of esters is 1. The van der Waals surface area contributed by atoms with E-state index in [4.69, 9.17) is 14.2 Å². The van der Waals surface area contributed by atoms with E-state index in [2.05, 4.69) is 5.32 Å². The van der Waals surface area contributed by atoms with Gasteiger partial charge < -0.3 is 14.2 Å². The van der Waals surface area contributed by atoms with Crippen molar-refractivity contribution in [3.05, 3.63) is 159 Å². The minimum atomic E-state index is -1.93. The summed E-state index contributed by atoms with van der Waals surface area (Å²) in [6.07, 6.45) is -1.86. The third-order valence-electron chi connectivity index (χ3n) is 8.09. The van der Waals surface area contributed by atoms with Crippen LogP contribution >= 0.6 is 11.8 Å². The molecule has 0 spiro atoms. The molecule has 0 saturated carbocycles. The van der Waals surface area contributed by atoms with Gasteiger partial charge in [0.15, 0.2) is 11.9 Å². The fraction of sp³-hybridized carbons (Fsp3) is 0.167. The number of nitrogens with one attached hydrogen (secondary N) is 1. The molecule has 2 aliphatic rings. The van der Waals surface area contributed by atoms with Crippen LogP contribution in [-0.4, -0.2) is 57.5 Å². The third-order valence-corrected chi connectivity index (χ3v) is 9.40. The van der Waals surface area contributed by atoms with Gasteiger partial charge in [0.05, 0.1) is 4.92 Å². The minimum Gasteiger partial charge on any atom is -0.448 e. The number of non-ortho nitro benzene ring substituents is 1. The summed E-state index contributed by atoms with van der Waals surface area (Å²) in [7, 11) is 1.24. The number of ketones is 1. The number of fused-ring (bicyclic) bond motifs is 1. The van der Waals surface area contributed by atoms with Crippen molar-refractivity contribution in [3.8, 4) is 0 Å². The van der Waals surface area contributed by atoms with E-state index >= 15 is 0 Å². The highest BCUT2D eigenvalue weighted by Gasteiger charge is 2.67. The van der Waals surface area contributed by atoms with Crippen molar-refractivity contribution in [2.75, 3.05) is 12.9 Å². The molecule has 6 rings (SSSR count). The average molecular weight is 680 g/mol. The summed E-state index contributed by atoms with van der Waals surface area (Å²) in [6, 6.07) is 32.0. The lowest BCUT2D eigenvalue weighted by atomic mass is 9.95. The first-order valence-corrected chi connectivity index (χ1v) is 16.1. The number of carbonyl (C=O) groups is 4. The van der Waals surface area contributed by atoms with Gasteiger partial charge in [-0.25, -0.2) is 9.59 Å². The number of Topliss-reactive ketones (excluding diaryl/α,β-unsaturated/α-hetero) is 1. The fourth-order valence-electron chi connectivity index (χ4n) is 5.60. The Balaban J connectivity index is 1.29. The average Bonchev–Trinajstić information content (AvgIpc) is 3.15. The van der Waals surface area contributed by atoms with Crippen LogP contribution in [0.3, 0.4) is 0 Å². The van der Waals surface area contributed by atoms with Crippen LogP contribution in [0.2, 0.25) is 0 Å². The van der Waals surface area contributed by atoms with E-state index in [9.17, 15) is 29.3 Å². The first-order valence-electron chi connectivity index (χ1n) is 15.1. The molecule has 12 nitrogen and oxygen atoms in total. The first kappa shape index (κ1) is 33.1. The van der Waals surface area contributed by atoms with Gasteiger partial charge in [0.25, 0.3) is 17.3 Å². The van der Waals surface area contributed by atoms with E-state index in [0.29, 0.717) is 22.3 Å². The summed E-state index contributed by atoms with van der Waals surface area (Å²) in [6.45, 7) is -0.243. The Labute approximate surface area is 284 Å². The molecule has 2 heterocycles. The first-order chi connectivity index (χ1) is 23.7. The van der Waals surface area contributed by atoms with Gasteiger partial charge in [0, 0.05) is 36.1 Å². The summed E-state index contributed by atoms with van der Waals surface area (Å²) in [5.41, 5.74) is -0.0651. The van der Waals surface area contributed by atoms with Gasteiger partial charge in [-0.15, -0.1) is 11.8 Å². The highest BCUT2D eigenvalue weighted by atomic mass is 32.2. The summed E-state index contributed by atoms with van der Waals surface area (Å²) in [5, 5.41) is 12.5. The van der Waals surface area contributed by atoms with Crippen molar-refractivity contribution < 1.29 is 38.3 Å². The summed E-state index contributed by atoms with van der Waals surface area (Å²) < 4.78 is 17.0. The number of methoxy groups -OCH3 is 1. The van der Waals surface area contributed by atoms with Gasteiger partial charge in [0.2, 0.25) is 0 Å². The molecule has 0 aliphatic carbocycles. The number of nitrogens with zero attached hydrogens (tertiary/aromatic N) is 2. The number of amides is 2. The maximum Gasteiger partial charge on any atom is 0.410 e. The number of β-lactam (4-membered cyclic amide) rings is 1. The smallest absolute Gasteiger partial charge is 0.410 e. The van der Waals surface area contributed by atoms with Crippen molar-refractivity contribution in [1.82, 2.24) is 10.2 Å². The van der Waals surface area contributed by atoms with E-state index < -0.39 is 45.9 Å². The van der Waals surface area contributed by atoms with Crippen LogP contribution < -0.4 is 5.32 Å². The number of nitro groups is 1. The van der Waals surface area contributed by atoms with Crippen molar-refractivity contribution in [3.63, 3.8) is 0 Å². The lowest BCUT2D eigenvalue weighted by molar-refractivity contribution is -0.384. The van der Waals surface area contributed by atoms with E-state index in [-0.39, 0.29) is 29.3 Å². The monoisotopic (exact) mass is 679 g/mol. The van der Waals surface area contributed by atoms with Crippen LogP contribution in [0, 0.1) is 10.1 Å². The van der Waals surface area contributed by atoms with Gasteiger partial charge in [-0.05, 0) is 28.8 Å². The van der Waals surface area contributed by atoms with E-state index in [1.165, 1.54) is 31.4 Å². The predicted molar refractivity (Wildman–Crippen MR) is 178 cm³/mol. The number of rotatable bonds is 11. The molecule has 1 N–H and O–H groups in total. The van der Waals surface area contributed by atoms with Crippen LogP contribution in [0.4, 0.5) is 10.5 Å². The van der Waals surface area contributed by atoms with Crippen LogP contribution in [0.25, 0.3) is 0 Å². The lowest BCUT2D eigenvalue weighted by Gasteiger charge is -2.55. The molecule has 4 aromatic carbocycles. The number of nitro benzene ring substituents is 1. The van der Waals surface area contributed by atoms with Gasteiger partial charge in [-0.1, -0.05) is 91.0 Å². The number of thioether (sulfide) groups is 1. The summed E-state index contributed by atoms with van der Waals surface area (Å²) in [4.78, 5) is 66.6. The van der Waals surface area contributed by atoms with E-state index in [0.717, 1.165) is 16.7 Å². The van der Waals surface area contributed by atoms with Crippen LogP contribution in [-0.2, 0) is 30.4 Å². The highest BCUT2D eigenvalue weighted by molar-refractivity contribution is 8.00. The Bertz CT molecular complexity index is 1880. The highest BCUT2D eigenvalue weighted by Crippen LogP contribution is 2.48. The molecule has 4 aromatic rings. The van der Waals surface area contributed by atoms with Gasteiger partial charge in [0.1, 0.15) is 17.7 Å². The largest absolute Gasteiger partial charge is 0.448 e. The maximum absolute atomic E-state index is 14.3. The Kier molecular flexibility index (Phi) is 9.56. The molecule has 2 amide bonds. The minimum absolute atomic E-state index is 0.00141.